The maximum absolute atomic E-state index is 7.74. The molecule has 0 saturated heterocycles. The van der Waals surface area contributed by atoms with Crippen LogP contribution in [-0.2, 0) is 5.41 Å². The lowest BCUT2D eigenvalue weighted by Gasteiger charge is -2.45. The summed E-state index contributed by atoms with van der Waals surface area (Å²) in [6.45, 7) is 4.52. The number of nitrogens with zero attached hydrogens (tertiary/aromatic N) is 5. The number of rotatable bonds is 9. The SMILES string of the molecule is CC1(C)c2cc3c(cc2N(c2ccccc2)c2cc4c(cc21)B1c2c(cc(N(c5ccccc5)c5ccccc5)cc2N(c2ccccc2)c2sc5ccccc5c21)O4)Oc1cc(N(c2ccccc2)c2ccccc2)cc2c1B3c1c(sc3ccccc13)N2c1ccccc1. The second kappa shape index (κ2) is 21.3. The van der Waals surface area contributed by atoms with Crippen molar-refractivity contribution >= 4 is 173 Å². The van der Waals surface area contributed by atoms with Crippen LogP contribution in [0, 0.1) is 0 Å². The number of anilines is 15. The molecule has 0 aliphatic carbocycles. The number of ether oxygens (including phenoxy) is 2. The van der Waals surface area contributed by atoms with E-state index in [-0.39, 0.29) is 13.4 Å². The van der Waals surface area contributed by atoms with Crippen LogP contribution in [-0.4, -0.2) is 13.4 Å². The van der Waals surface area contributed by atoms with Crippen molar-refractivity contribution in [2.45, 2.75) is 19.3 Å². The predicted molar refractivity (Wildman–Crippen MR) is 405 cm³/mol. The highest BCUT2D eigenvalue weighted by molar-refractivity contribution is 7.27. The molecule has 5 aliphatic rings. The Hall–Kier alpha value is -11.5. The van der Waals surface area contributed by atoms with Gasteiger partial charge in [-0.25, -0.2) is 0 Å². The van der Waals surface area contributed by atoms with Crippen LogP contribution in [0.3, 0.4) is 0 Å². The molecule has 0 saturated carbocycles. The van der Waals surface area contributed by atoms with Gasteiger partial charge in [0.1, 0.15) is 23.0 Å². The highest BCUT2D eigenvalue weighted by atomic mass is 32.1. The molecule has 96 heavy (non-hydrogen) atoms. The molecule has 2 aromatic heterocycles. The summed E-state index contributed by atoms with van der Waals surface area (Å²) in [4.78, 5) is 12.2. The van der Waals surface area contributed by atoms with Crippen LogP contribution < -0.4 is 66.8 Å². The van der Waals surface area contributed by atoms with Gasteiger partial charge < -0.3 is 34.0 Å². The Morgan fingerprint density at radius 2 is 0.625 bits per heavy atom. The smallest absolute Gasteiger partial charge is 0.258 e. The molecule has 0 radical (unpaired) electrons. The van der Waals surface area contributed by atoms with E-state index in [1.54, 1.807) is 0 Å². The first-order valence-electron chi connectivity index (χ1n) is 32.9. The lowest BCUT2D eigenvalue weighted by atomic mass is 9.34. The molecule has 15 aromatic rings. The Kier molecular flexibility index (Phi) is 12.2. The van der Waals surface area contributed by atoms with E-state index < -0.39 is 5.41 Å². The van der Waals surface area contributed by atoms with Crippen LogP contribution >= 0.6 is 22.7 Å². The second-order valence-electron chi connectivity index (χ2n) is 25.9. The lowest BCUT2D eigenvalue weighted by Crippen LogP contribution is -2.59. The number of para-hydroxylation sites is 7. The molecule has 0 unspecified atom stereocenters. The molecule has 13 aromatic carbocycles. The maximum Gasteiger partial charge on any atom is 0.258 e. The quantitative estimate of drug-likeness (QED) is 0.133. The van der Waals surface area contributed by atoms with Crippen LogP contribution in [0.5, 0.6) is 23.0 Å². The van der Waals surface area contributed by atoms with E-state index in [0.717, 1.165) is 119 Å². The summed E-state index contributed by atoms with van der Waals surface area (Å²) in [6.07, 6.45) is 0. The summed E-state index contributed by atoms with van der Waals surface area (Å²) in [7, 11) is 0. The van der Waals surface area contributed by atoms with Crippen LogP contribution in [0.1, 0.15) is 25.0 Å². The van der Waals surface area contributed by atoms with Gasteiger partial charge in [0.15, 0.2) is 0 Å². The Balaban J connectivity index is 0.826. The minimum Gasteiger partial charge on any atom is -0.458 e. The number of thiophene rings is 2. The average Bonchev–Trinajstić information content (AvgIpc) is 1.16. The molecule has 5 aliphatic heterocycles. The van der Waals surface area contributed by atoms with Gasteiger partial charge in [-0.1, -0.05) is 190 Å². The van der Waals surface area contributed by atoms with Crippen molar-refractivity contribution in [2.75, 3.05) is 24.5 Å². The molecular weight excluding hydrogens is 1210 g/mol. The largest absolute Gasteiger partial charge is 0.458 e. The standard InChI is InChI=1S/C85H57B2N5O2S2/c1-85(2)65-50-67-73(93-75-48-61(88(54-28-10-3-11-29-54)55-30-12-4-13-31-55)46-71-81(75)86(67)79-63-42-24-26-44-77(63)95-83(79)91(71)59-38-20-8-21-39-59)52-69(65)90(58-36-18-7-19-37-58)70-53-74-68(51-66(70)85)87-80-64-43-25-27-45-78(64)96-84(80)92(60-40-22-9-23-41-60)72-47-62(49-76(94-74)82(72)87)89(56-32-14-5-15-33-56)57-34-16-6-17-35-57/h3-53H,1-2H3. The van der Waals surface area contributed by atoms with Crippen LogP contribution in [0.4, 0.5) is 83.9 Å². The summed E-state index contributed by atoms with van der Waals surface area (Å²) < 4.78 is 18.0. The first-order chi connectivity index (χ1) is 47.4. The van der Waals surface area contributed by atoms with Gasteiger partial charge in [0, 0.05) is 90.3 Å². The number of hydrogen-bond acceptors (Lipinski definition) is 9. The molecule has 7 nitrogen and oxygen atoms in total. The minimum atomic E-state index is -0.549. The topological polar surface area (TPSA) is 34.7 Å². The zero-order valence-corrected chi connectivity index (χ0v) is 54.1. The molecule has 452 valence electrons. The summed E-state index contributed by atoms with van der Waals surface area (Å²) in [5.74, 6) is 3.33. The van der Waals surface area contributed by atoms with Gasteiger partial charge in [-0.05, 0) is 164 Å². The molecule has 0 spiro atoms. The van der Waals surface area contributed by atoms with Gasteiger partial charge in [0.25, 0.3) is 13.4 Å². The maximum atomic E-state index is 7.74. The predicted octanol–water partition coefficient (Wildman–Crippen LogP) is 20.0. The van der Waals surface area contributed by atoms with Crippen molar-refractivity contribution in [3.8, 4) is 23.0 Å². The number of benzene rings is 13. The zero-order valence-electron chi connectivity index (χ0n) is 52.5. The van der Waals surface area contributed by atoms with E-state index in [4.69, 9.17) is 9.47 Å². The Morgan fingerprint density at radius 1 is 0.302 bits per heavy atom. The molecule has 0 fully saturated rings. The Bertz CT molecular complexity index is 5220. The van der Waals surface area contributed by atoms with Gasteiger partial charge in [0.05, 0.1) is 32.8 Å². The molecule has 0 atom stereocenters. The molecule has 7 heterocycles. The van der Waals surface area contributed by atoms with Crippen molar-refractivity contribution in [3.05, 3.63) is 321 Å². The summed E-state index contributed by atoms with van der Waals surface area (Å²) in [5, 5.41) is 4.93. The molecule has 0 bridgehead atoms. The number of hydrogen-bond donors (Lipinski definition) is 0. The normalized spacial score (nSPS) is 13.9. The van der Waals surface area contributed by atoms with Gasteiger partial charge in [0.2, 0.25) is 0 Å². The van der Waals surface area contributed by atoms with Gasteiger partial charge in [-0.3, -0.25) is 0 Å². The minimum absolute atomic E-state index is 0.176. The van der Waals surface area contributed by atoms with E-state index in [1.807, 2.05) is 22.7 Å². The molecule has 0 N–H and O–H groups in total. The van der Waals surface area contributed by atoms with E-state index in [9.17, 15) is 0 Å². The summed E-state index contributed by atoms with van der Waals surface area (Å²) in [6, 6.07) is 113. The average molecular weight is 1270 g/mol. The highest BCUT2D eigenvalue weighted by Gasteiger charge is 2.50. The third-order valence-electron chi connectivity index (χ3n) is 20.2. The van der Waals surface area contributed by atoms with Crippen molar-refractivity contribution in [1.29, 1.82) is 0 Å². The molecular formula is C85H57B2N5O2S2. The van der Waals surface area contributed by atoms with Crippen molar-refractivity contribution in [2.24, 2.45) is 0 Å². The van der Waals surface area contributed by atoms with E-state index in [1.165, 1.54) is 52.2 Å². The van der Waals surface area contributed by atoms with Crippen LogP contribution in [0.15, 0.2) is 309 Å². The first-order valence-corrected chi connectivity index (χ1v) is 34.5. The van der Waals surface area contributed by atoms with Gasteiger partial charge in [-0.15, -0.1) is 22.7 Å². The molecule has 11 heteroatoms. The van der Waals surface area contributed by atoms with Crippen molar-refractivity contribution in [3.63, 3.8) is 0 Å². The third-order valence-corrected chi connectivity index (χ3v) is 22.6. The fourth-order valence-corrected chi connectivity index (χ4v) is 18.7. The van der Waals surface area contributed by atoms with Gasteiger partial charge in [-0.2, -0.15) is 0 Å². The Morgan fingerprint density at radius 3 is 0.990 bits per heavy atom. The molecule has 20 rings (SSSR count). The first kappa shape index (κ1) is 55.0. The van der Waals surface area contributed by atoms with Crippen LogP contribution in [0.2, 0.25) is 0 Å². The van der Waals surface area contributed by atoms with E-state index in [0.29, 0.717) is 0 Å². The number of fused-ring (bicyclic) bond motifs is 14. The fraction of sp³-hybridized carbons (Fsp3) is 0.0353. The van der Waals surface area contributed by atoms with Crippen molar-refractivity contribution in [1.82, 2.24) is 0 Å². The van der Waals surface area contributed by atoms with E-state index >= 15 is 0 Å². The van der Waals surface area contributed by atoms with Crippen LogP contribution in [0.25, 0.3) is 20.2 Å². The third kappa shape index (κ3) is 8.20. The van der Waals surface area contributed by atoms with E-state index in [2.05, 4.69) is 348 Å². The zero-order chi connectivity index (χ0) is 63.3. The molecule has 0 amide bonds. The highest BCUT2D eigenvalue weighted by Crippen LogP contribution is 2.57. The lowest BCUT2D eigenvalue weighted by molar-refractivity contribution is 0.485. The van der Waals surface area contributed by atoms with Crippen molar-refractivity contribution < 1.29 is 9.47 Å². The van der Waals surface area contributed by atoms with Gasteiger partial charge >= 0.3 is 0 Å². The monoisotopic (exact) mass is 1270 g/mol. The second-order valence-corrected chi connectivity index (χ2v) is 28.0. The Labute approximate surface area is 565 Å². The summed E-state index contributed by atoms with van der Waals surface area (Å²) >= 11 is 3.74. The fourth-order valence-electron chi connectivity index (χ4n) is 16.1. The summed E-state index contributed by atoms with van der Waals surface area (Å²) in [5.41, 5.74) is 22.9.